The summed E-state index contributed by atoms with van der Waals surface area (Å²) in [5.41, 5.74) is 5.85. The number of nitrogens with two attached hydrogens (primary N) is 1. The zero-order valence-electron chi connectivity index (χ0n) is 9.63. The molecule has 17 heavy (non-hydrogen) atoms. The Hall–Kier alpha value is -1.45. The summed E-state index contributed by atoms with van der Waals surface area (Å²) in [6.07, 6.45) is 5.47. The van der Waals surface area contributed by atoms with Gasteiger partial charge in [0.2, 0.25) is 0 Å². The molecular formula is C13H16F2N2. The first-order valence-corrected chi connectivity index (χ1v) is 5.96. The average Bonchev–Trinajstić information content (AvgIpc) is 2.35. The largest absolute Gasteiger partial charge is 0.387 e. The van der Waals surface area contributed by atoms with Gasteiger partial charge in [-0.3, -0.25) is 0 Å². The monoisotopic (exact) mass is 238 g/mol. The molecule has 4 heteroatoms. The normalized spacial score (nSPS) is 18.4. The second kappa shape index (κ2) is 5.25. The molecule has 92 valence electrons. The topological polar surface area (TPSA) is 38.4 Å². The minimum Gasteiger partial charge on any atom is -0.387 e. The number of aliphatic imine (C=N–C) groups is 1. The van der Waals surface area contributed by atoms with Crippen molar-refractivity contribution < 1.29 is 8.78 Å². The Labute approximate surface area is 99.5 Å². The minimum atomic E-state index is -0.537. The maximum atomic E-state index is 13.4. The van der Waals surface area contributed by atoms with Crippen molar-refractivity contribution in [2.45, 2.75) is 32.1 Å². The van der Waals surface area contributed by atoms with E-state index in [1.807, 2.05) is 0 Å². The zero-order valence-corrected chi connectivity index (χ0v) is 9.63. The second-order valence-electron chi connectivity index (χ2n) is 4.47. The van der Waals surface area contributed by atoms with Crippen LogP contribution in [0, 0.1) is 17.6 Å². The van der Waals surface area contributed by atoms with Crippen LogP contribution in [0.5, 0.6) is 0 Å². The van der Waals surface area contributed by atoms with E-state index < -0.39 is 11.6 Å². The Balaban J connectivity index is 2.19. The van der Waals surface area contributed by atoms with Gasteiger partial charge in [0.05, 0.1) is 0 Å². The van der Waals surface area contributed by atoms with E-state index in [-0.39, 0.29) is 11.6 Å². The molecule has 0 bridgehead atoms. The number of benzene rings is 1. The van der Waals surface area contributed by atoms with Gasteiger partial charge in [-0.1, -0.05) is 19.3 Å². The van der Waals surface area contributed by atoms with Gasteiger partial charge >= 0.3 is 0 Å². The Morgan fingerprint density at radius 3 is 2.59 bits per heavy atom. The van der Waals surface area contributed by atoms with E-state index in [1.54, 1.807) is 0 Å². The molecule has 0 atom stereocenters. The summed E-state index contributed by atoms with van der Waals surface area (Å²) >= 11 is 0. The van der Waals surface area contributed by atoms with E-state index >= 15 is 0 Å². The van der Waals surface area contributed by atoms with E-state index in [2.05, 4.69) is 4.99 Å². The van der Waals surface area contributed by atoms with Gasteiger partial charge in [-0.15, -0.1) is 0 Å². The van der Waals surface area contributed by atoms with Crippen LogP contribution in [0.15, 0.2) is 23.2 Å². The molecule has 0 heterocycles. The molecule has 0 spiro atoms. The molecule has 0 radical (unpaired) electrons. The third-order valence-electron chi connectivity index (χ3n) is 3.18. The Kier molecular flexibility index (Phi) is 3.71. The summed E-state index contributed by atoms with van der Waals surface area (Å²) in [6, 6.07) is 3.22. The summed E-state index contributed by atoms with van der Waals surface area (Å²) < 4.78 is 26.3. The van der Waals surface area contributed by atoms with Crippen molar-refractivity contribution in [3.8, 4) is 0 Å². The van der Waals surface area contributed by atoms with Crippen LogP contribution in [-0.2, 0) is 0 Å². The Morgan fingerprint density at radius 1 is 1.18 bits per heavy atom. The maximum Gasteiger partial charge on any atom is 0.149 e. The number of amidine groups is 1. The first-order valence-electron chi connectivity index (χ1n) is 5.96. The fraction of sp³-hybridized carbons (Fsp3) is 0.462. The van der Waals surface area contributed by atoms with Gasteiger partial charge in [-0.05, 0) is 25.0 Å². The third kappa shape index (κ3) is 3.02. The molecule has 1 aliphatic rings. The van der Waals surface area contributed by atoms with E-state index in [0.29, 0.717) is 5.84 Å². The predicted octanol–water partition coefficient (Wildman–Crippen LogP) is 3.53. The van der Waals surface area contributed by atoms with E-state index in [9.17, 15) is 8.78 Å². The molecule has 0 unspecified atom stereocenters. The standard InChI is InChI=1S/C13H16F2N2/c14-10-6-7-11(15)12(8-10)17-13(16)9-4-2-1-3-5-9/h6-9H,1-5H2,(H2,16,17). The fourth-order valence-electron chi connectivity index (χ4n) is 2.20. The molecule has 2 rings (SSSR count). The molecule has 1 aliphatic carbocycles. The molecule has 2 N–H and O–H groups in total. The molecule has 1 fully saturated rings. The van der Waals surface area contributed by atoms with E-state index in [4.69, 9.17) is 5.73 Å². The highest BCUT2D eigenvalue weighted by atomic mass is 19.1. The summed E-state index contributed by atoms with van der Waals surface area (Å²) in [5.74, 6) is -0.396. The number of hydrogen-bond donors (Lipinski definition) is 1. The first kappa shape index (κ1) is 12.0. The molecule has 0 amide bonds. The number of rotatable bonds is 2. The molecule has 1 aromatic carbocycles. The van der Waals surface area contributed by atoms with Crippen LogP contribution in [0.4, 0.5) is 14.5 Å². The average molecular weight is 238 g/mol. The zero-order chi connectivity index (χ0) is 12.3. The van der Waals surface area contributed by atoms with Crippen LogP contribution in [0.25, 0.3) is 0 Å². The van der Waals surface area contributed by atoms with Crippen LogP contribution < -0.4 is 5.73 Å². The van der Waals surface area contributed by atoms with Gasteiger partial charge in [-0.2, -0.15) is 0 Å². The molecule has 1 saturated carbocycles. The van der Waals surface area contributed by atoms with Crippen molar-refractivity contribution in [1.29, 1.82) is 0 Å². The van der Waals surface area contributed by atoms with Crippen LogP contribution in [0.1, 0.15) is 32.1 Å². The van der Waals surface area contributed by atoms with Crippen molar-refractivity contribution >= 4 is 11.5 Å². The number of hydrogen-bond acceptors (Lipinski definition) is 1. The van der Waals surface area contributed by atoms with E-state index in [1.165, 1.54) is 6.42 Å². The second-order valence-corrected chi connectivity index (χ2v) is 4.47. The number of halogens is 2. The third-order valence-corrected chi connectivity index (χ3v) is 3.18. The lowest BCUT2D eigenvalue weighted by molar-refractivity contribution is 0.437. The van der Waals surface area contributed by atoms with Gasteiger partial charge < -0.3 is 5.73 Å². The van der Waals surface area contributed by atoms with Crippen molar-refractivity contribution in [2.24, 2.45) is 16.6 Å². The summed E-state index contributed by atoms with van der Waals surface area (Å²) in [7, 11) is 0. The van der Waals surface area contributed by atoms with Crippen molar-refractivity contribution in [3.63, 3.8) is 0 Å². The van der Waals surface area contributed by atoms with Gasteiger partial charge in [0.25, 0.3) is 0 Å². The highest BCUT2D eigenvalue weighted by Crippen LogP contribution is 2.26. The maximum absolute atomic E-state index is 13.4. The summed E-state index contributed by atoms with van der Waals surface area (Å²) in [5, 5.41) is 0. The molecule has 0 saturated heterocycles. The number of nitrogens with zero attached hydrogens (tertiary/aromatic N) is 1. The smallest absolute Gasteiger partial charge is 0.149 e. The van der Waals surface area contributed by atoms with Crippen LogP contribution in [0.2, 0.25) is 0 Å². The van der Waals surface area contributed by atoms with E-state index in [0.717, 1.165) is 43.9 Å². The first-order chi connectivity index (χ1) is 8.16. The predicted molar refractivity (Wildman–Crippen MR) is 64.2 cm³/mol. The highest BCUT2D eigenvalue weighted by Gasteiger charge is 2.17. The highest BCUT2D eigenvalue weighted by molar-refractivity contribution is 5.85. The van der Waals surface area contributed by atoms with Crippen molar-refractivity contribution in [2.75, 3.05) is 0 Å². The van der Waals surface area contributed by atoms with Gasteiger partial charge in [0.1, 0.15) is 23.2 Å². The van der Waals surface area contributed by atoms with Crippen LogP contribution in [0.3, 0.4) is 0 Å². The van der Waals surface area contributed by atoms with Crippen LogP contribution >= 0.6 is 0 Å². The quantitative estimate of drug-likeness (QED) is 0.621. The lowest BCUT2D eigenvalue weighted by Crippen LogP contribution is -2.25. The van der Waals surface area contributed by atoms with Gasteiger partial charge in [-0.25, -0.2) is 13.8 Å². The minimum absolute atomic E-state index is 0.00641. The van der Waals surface area contributed by atoms with Crippen LogP contribution in [-0.4, -0.2) is 5.84 Å². The Morgan fingerprint density at radius 2 is 1.88 bits per heavy atom. The molecule has 0 aromatic heterocycles. The molecular weight excluding hydrogens is 222 g/mol. The SMILES string of the molecule is NC(=Nc1cc(F)ccc1F)C1CCCCC1. The summed E-state index contributed by atoms with van der Waals surface area (Å²) in [6.45, 7) is 0. The van der Waals surface area contributed by atoms with Gasteiger partial charge in [0.15, 0.2) is 0 Å². The van der Waals surface area contributed by atoms with Crippen molar-refractivity contribution in [3.05, 3.63) is 29.8 Å². The Bertz CT molecular complexity index is 423. The molecule has 2 nitrogen and oxygen atoms in total. The lowest BCUT2D eigenvalue weighted by atomic mass is 9.88. The van der Waals surface area contributed by atoms with Crippen molar-refractivity contribution in [1.82, 2.24) is 0 Å². The fourth-order valence-corrected chi connectivity index (χ4v) is 2.20. The van der Waals surface area contributed by atoms with Gasteiger partial charge in [0, 0.05) is 12.0 Å². The lowest BCUT2D eigenvalue weighted by Gasteiger charge is -2.20. The summed E-state index contributed by atoms with van der Waals surface area (Å²) in [4.78, 5) is 4.02. The molecule has 0 aliphatic heterocycles. The molecule has 1 aromatic rings.